The second-order valence-electron chi connectivity index (χ2n) is 4.79. The number of carbonyl (C=O) groups excluding carboxylic acids is 1. The summed E-state index contributed by atoms with van der Waals surface area (Å²) in [5, 5.41) is 14.0. The van der Waals surface area contributed by atoms with Gasteiger partial charge in [0, 0.05) is 25.5 Å². The van der Waals surface area contributed by atoms with Crippen LogP contribution in [0.25, 0.3) is 0 Å². The number of aryl methyl sites for hydroxylation is 1. The predicted octanol–water partition coefficient (Wildman–Crippen LogP) is 2.05. The lowest BCUT2D eigenvalue weighted by Gasteiger charge is -2.18. The standard InChI is InChI=1S/C14H21N3O3/c1-5-11(13(18)19)16-14(20)15-10-7-6-9(2)12(8-10)17(3)4/h6-8,11H,5H2,1-4H3,(H,18,19)(H2,15,16,20)/t11-/m0/s1. The maximum atomic E-state index is 11.8. The highest BCUT2D eigenvalue weighted by molar-refractivity contribution is 5.92. The summed E-state index contributed by atoms with van der Waals surface area (Å²) in [7, 11) is 3.84. The molecule has 1 rings (SSSR count). The first-order valence-corrected chi connectivity index (χ1v) is 6.43. The molecule has 0 heterocycles. The highest BCUT2D eigenvalue weighted by Gasteiger charge is 2.17. The van der Waals surface area contributed by atoms with E-state index in [1.165, 1.54) is 0 Å². The third-order valence-electron chi connectivity index (χ3n) is 2.96. The van der Waals surface area contributed by atoms with Gasteiger partial charge in [0.2, 0.25) is 0 Å². The molecular formula is C14H21N3O3. The van der Waals surface area contributed by atoms with Gasteiger partial charge in [-0.3, -0.25) is 0 Å². The largest absolute Gasteiger partial charge is 0.480 e. The molecule has 0 bridgehead atoms. The van der Waals surface area contributed by atoms with Crippen LogP contribution in [0.3, 0.4) is 0 Å². The Hall–Kier alpha value is -2.24. The molecule has 0 aromatic heterocycles. The van der Waals surface area contributed by atoms with E-state index in [0.29, 0.717) is 12.1 Å². The maximum absolute atomic E-state index is 11.8. The Morgan fingerprint density at radius 3 is 2.50 bits per heavy atom. The molecule has 0 spiro atoms. The van der Waals surface area contributed by atoms with Gasteiger partial charge in [-0.1, -0.05) is 13.0 Å². The van der Waals surface area contributed by atoms with Crippen LogP contribution in [0.15, 0.2) is 18.2 Å². The lowest BCUT2D eigenvalue weighted by molar-refractivity contribution is -0.139. The predicted molar refractivity (Wildman–Crippen MR) is 79.4 cm³/mol. The van der Waals surface area contributed by atoms with Crippen LogP contribution >= 0.6 is 0 Å². The summed E-state index contributed by atoms with van der Waals surface area (Å²) in [5.74, 6) is -1.04. The summed E-state index contributed by atoms with van der Waals surface area (Å²) in [4.78, 5) is 24.6. The van der Waals surface area contributed by atoms with Crippen molar-refractivity contribution in [1.82, 2.24) is 5.32 Å². The van der Waals surface area contributed by atoms with Crippen LogP contribution < -0.4 is 15.5 Å². The third kappa shape index (κ3) is 4.15. The Kier molecular flexibility index (Phi) is 5.37. The van der Waals surface area contributed by atoms with Crippen molar-refractivity contribution >= 4 is 23.4 Å². The first-order valence-electron chi connectivity index (χ1n) is 6.43. The summed E-state index contributed by atoms with van der Waals surface area (Å²) < 4.78 is 0. The van der Waals surface area contributed by atoms with Gasteiger partial charge in [0.15, 0.2) is 0 Å². The normalized spacial score (nSPS) is 11.6. The number of hydrogen-bond acceptors (Lipinski definition) is 3. The number of aliphatic carboxylic acids is 1. The highest BCUT2D eigenvalue weighted by atomic mass is 16.4. The molecule has 2 amide bonds. The Balaban J connectivity index is 2.76. The highest BCUT2D eigenvalue weighted by Crippen LogP contribution is 2.22. The SMILES string of the molecule is CC[C@H](NC(=O)Nc1ccc(C)c(N(C)C)c1)C(=O)O. The number of carbonyl (C=O) groups is 2. The van der Waals surface area contributed by atoms with Gasteiger partial charge < -0.3 is 20.6 Å². The van der Waals surface area contributed by atoms with E-state index in [-0.39, 0.29) is 0 Å². The first-order chi connectivity index (χ1) is 9.35. The first kappa shape index (κ1) is 15.8. The molecule has 1 aromatic carbocycles. The monoisotopic (exact) mass is 279 g/mol. The van der Waals surface area contributed by atoms with Crippen LogP contribution in [-0.2, 0) is 4.79 Å². The van der Waals surface area contributed by atoms with Gasteiger partial charge >= 0.3 is 12.0 Å². The molecule has 0 unspecified atom stereocenters. The number of anilines is 2. The molecule has 0 aliphatic carbocycles. The van der Waals surface area contributed by atoms with Crippen molar-refractivity contribution < 1.29 is 14.7 Å². The van der Waals surface area contributed by atoms with Gasteiger partial charge in [0.1, 0.15) is 6.04 Å². The molecular weight excluding hydrogens is 258 g/mol. The Bertz CT molecular complexity index is 500. The Labute approximate surface area is 118 Å². The van der Waals surface area contributed by atoms with Crippen molar-refractivity contribution in [3.63, 3.8) is 0 Å². The molecule has 0 aliphatic rings. The molecule has 0 saturated heterocycles. The minimum absolute atomic E-state index is 0.333. The fraction of sp³-hybridized carbons (Fsp3) is 0.429. The van der Waals surface area contributed by atoms with E-state index in [9.17, 15) is 9.59 Å². The summed E-state index contributed by atoms with van der Waals surface area (Å²) in [5.41, 5.74) is 2.71. The van der Waals surface area contributed by atoms with Crippen molar-refractivity contribution in [2.45, 2.75) is 26.3 Å². The number of nitrogens with one attached hydrogen (secondary N) is 2. The lowest BCUT2D eigenvalue weighted by Crippen LogP contribution is -2.42. The Morgan fingerprint density at radius 2 is 2.00 bits per heavy atom. The van der Waals surface area contributed by atoms with E-state index in [0.717, 1.165) is 11.3 Å². The van der Waals surface area contributed by atoms with Crippen LogP contribution in [0.4, 0.5) is 16.2 Å². The summed E-state index contributed by atoms with van der Waals surface area (Å²) in [6.07, 6.45) is 0.333. The number of carboxylic acids is 1. The van der Waals surface area contributed by atoms with E-state index < -0.39 is 18.0 Å². The molecule has 20 heavy (non-hydrogen) atoms. The zero-order valence-electron chi connectivity index (χ0n) is 12.2. The van der Waals surface area contributed by atoms with E-state index >= 15 is 0 Å². The Morgan fingerprint density at radius 1 is 1.35 bits per heavy atom. The molecule has 1 aromatic rings. The molecule has 0 radical (unpaired) electrons. The van der Waals surface area contributed by atoms with Gasteiger partial charge in [0.05, 0.1) is 0 Å². The molecule has 6 nitrogen and oxygen atoms in total. The van der Waals surface area contributed by atoms with Gasteiger partial charge in [-0.25, -0.2) is 9.59 Å². The maximum Gasteiger partial charge on any atom is 0.326 e. The smallest absolute Gasteiger partial charge is 0.326 e. The fourth-order valence-corrected chi connectivity index (χ4v) is 1.83. The molecule has 0 aliphatic heterocycles. The van der Waals surface area contributed by atoms with Crippen molar-refractivity contribution in [3.05, 3.63) is 23.8 Å². The molecule has 3 N–H and O–H groups in total. The quantitative estimate of drug-likeness (QED) is 0.770. The van der Waals surface area contributed by atoms with Crippen LogP contribution in [0, 0.1) is 6.92 Å². The van der Waals surface area contributed by atoms with Gasteiger partial charge in [-0.05, 0) is 31.0 Å². The molecule has 110 valence electrons. The zero-order chi connectivity index (χ0) is 15.3. The number of nitrogens with zero attached hydrogens (tertiary/aromatic N) is 1. The summed E-state index contributed by atoms with van der Waals surface area (Å²) in [6.45, 7) is 3.69. The summed E-state index contributed by atoms with van der Waals surface area (Å²) >= 11 is 0. The van der Waals surface area contributed by atoms with Gasteiger partial charge in [-0.2, -0.15) is 0 Å². The summed E-state index contributed by atoms with van der Waals surface area (Å²) in [6, 6.07) is 4.13. The molecule has 1 atom stereocenters. The number of rotatable bonds is 5. The number of benzene rings is 1. The zero-order valence-corrected chi connectivity index (χ0v) is 12.2. The number of carboxylic acid groups (broad SMARTS) is 1. The lowest BCUT2D eigenvalue weighted by atomic mass is 10.1. The molecule has 0 saturated carbocycles. The number of amides is 2. The minimum Gasteiger partial charge on any atom is -0.480 e. The van der Waals surface area contributed by atoms with Crippen LogP contribution in [-0.4, -0.2) is 37.2 Å². The van der Waals surface area contributed by atoms with Gasteiger partial charge in [-0.15, -0.1) is 0 Å². The van der Waals surface area contributed by atoms with Crippen molar-refractivity contribution in [2.75, 3.05) is 24.3 Å². The second kappa shape index (κ2) is 6.79. The van der Waals surface area contributed by atoms with Crippen LogP contribution in [0.1, 0.15) is 18.9 Å². The van der Waals surface area contributed by atoms with Crippen LogP contribution in [0.5, 0.6) is 0 Å². The average Bonchev–Trinajstić information content (AvgIpc) is 2.37. The van der Waals surface area contributed by atoms with E-state index in [1.807, 2.05) is 38.1 Å². The van der Waals surface area contributed by atoms with Crippen LogP contribution in [0.2, 0.25) is 0 Å². The van der Waals surface area contributed by atoms with E-state index in [2.05, 4.69) is 10.6 Å². The average molecular weight is 279 g/mol. The van der Waals surface area contributed by atoms with Crippen molar-refractivity contribution in [2.24, 2.45) is 0 Å². The van der Waals surface area contributed by atoms with E-state index in [4.69, 9.17) is 5.11 Å². The van der Waals surface area contributed by atoms with Gasteiger partial charge in [0.25, 0.3) is 0 Å². The van der Waals surface area contributed by atoms with E-state index in [1.54, 1.807) is 13.0 Å². The number of hydrogen-bond donors (Lipinski definition) is 3. The number of urea groups is 1. The molecule has 6 heteroatoms. The topological polar surface area (TPSA) is 81.7 Å². The molecule has 0 fully saturated rings. The minimum atomic E-state index is -1.04. The fourth-order valence-electron chi connectivity index (χ4n) is 1.83. The second-order valence-corrected chi connectivity index (χ2v) is 4.79. The van der Waals surface area contributed by atoms with Crippen molar-refractivity contribution in [1.29, 1.82) is 0 Å². The van der Waals surface area contributed by atoms with Crippen molar-refractivity contribution in [3.8, 4) is 0 Å². The third-order valence-corrected chi connectivity index (χ3v) is 2.96.